The number of carbonyl (C=O) groups excluding carboxylic acids is 2. The molecular weight excluding hydrogens is 426 g/mol. The lowest BCUT2D eigenvalue weighted by molar-refractivity contribution is -0.123. The minimum Gasteiger partial charge on any atom is -0.465 e. The van der Waals surface area contributed by atoms with Crippen molar-refractivity contribution in [2.24, 2.45) is 23.7 Å². The molecule has 0 atom stereocenters. The largest absolute Gasteiger partial charge is 0.465 e. The smallest absolute Gasteiger partial charge is 0.291 e. The Morgan fingerprint density at radius 1 is 1.09 bits per heavy atom. The second-order valence-corrected chi connectivity index (χ2v) is 10.3. The maximum absolute atomic E-state index is 13.3. The number of benzene rings is 1. The van der Waals surface area contributed by atoms with Crippen LogP contribution in [0.5, 0.6) is 5.88 Å². The third-order valence-electron chi connectivity index (χ3n) is 7.03. The average molecular weight is 456 g/mol. The van der Waals surface area contributed by atoms with Crippen molar-refractivity contribution < 1.29 is 18.8 Å². The van der Waals surface area contributed by atoms with Crippen molar-refractivity contribution in [2.75, 3.05) is 13.2 Å². The zero-order valence-electron chi connectivity index (χ0n) is 18.2. The van der Waals surface area contributed by atoms with Crippen LogP contribution in [0.3, 0.4) is 0 Å². The number of nitrogens with zero attached hydrogens (tertiary/aromatic N) is 1. The molecule has 0 saturated heterocycles. The molecule has 4 aliphatic carbocycles. The van der Waals surface area contributed by atoms with Crippen molar-refractivity contribution in [1.29, 1.82) is 0 Å². The second-order valence-electron chi connectivity index (χ2n) is 9.23. The number of hydrogen-bond donors (Lipinski definition) is 2. The van der Waals surface area contributed by atoms with Crippen LogP contribution < -0.4 is 15.4 Å². The zero-order chi connectivity index (χ0) is 22.1. The standard InChI is InChI=1S/C24H29N3O4S/c1-2-25-19(28)13-30-24-22(32-18-6-4-3-5-7-18)21(31-27-24)23(29)26-20-16-9-14-8-15(11-16)12-17(20)10-14/h3-7,14-17,20H,2,8-13H2,1H3,(H,25,28)(H,26,29). The summed E-state index contributed by atoms with van der Waals surface area (Å²) >= 11 is 1.36. The Hall–Kier alpha value is -2.48. The second kappa shape index (κ2) is 9.17. The maximum atomic E-state index is 13.3. The molecule has 1 aromatic carbocycles. The van der Waals surface area contributed by atoms with Gasteiger partial charge in [0, 0.05) is 17.5 Å². The fourth-order valence-electron chi connectivity index (χ4n) is 5.96. The van der Waals surface area contributed by atoms with Gasteiger partial charge in [-0.15, -0.1) is 0 Å². The van der Waals surface area contributed by atoms with Gasteiger partial charge >= 0.3 is 0 Å². The molecule has 2 N–H and O–H groups in total. The highest BCUT2D eigenvalue weighted by molar-refractivity contribution is 7.99. The molecule has 170 valence electrons. The fraction of sp³-hybridized carbons (Fsp3) is 0.542. The first kappa shape index (κ1) is 21.4. The zero-order valence-corrected chi connectivity index (χ0v) is 19.0. The number of carbonyl (C=O) groups is 2. The molecule has 0 unspecified atom stereocenters. The van der Waals surface area contributed by atoms with Crippen molar-refractivity contribution in [2.45, 2.75) is 54.9 Å². The predicted molar refractivity (Wildman–Crippen MR) is 120 cm³/mol. The summed E-state index contributed by atoms with van der Waals surface area (Å²) in [5.74, 6) is 2.64. The van der Waals surface area contributed by atoms with Crippen LogP contribution in [0.1, 0.15) is 49.6 Å². The minimum atomic E-state index is -0.249. The molecule has 0 spiro atoms. The Balaban J connectivity index is 1.35. The topological polar surface area (TPSA) is 93.5 Å². The van der Waals surface area contributed by atoms with Gasteiger partial charge < -0.3 is 19.9 Å². The maximum Gasteiger partial charge on any atom is 0.291 e. The van der Waals surface area contributed by atoms with Crippen LogP contribution in [0.2, 0.25) is 0 Å². The van der Waals surface area contributed by atoms with E-state index >= 15 is 0 Å². The first-order valence-electron chi connectivity index (χ1n) is 11.5. The summed E-state index contributed by atoms with van der Waals surface area (Å²) in [6.07, 6.45) is 6.27. The van der Waals surface area contributed by atoms with E-state index in [1.807, 2.05) is 37.3 Å². The number of likely N-dealkylation sites (N-methyl/N-ethyl adjacent to an activating group) is 1. The van der Waals surface area contributed by atoms with Gasteiger partial charge in [-0.2, -0.15) is 0 Å². The van der Waals surface area contributed by atoms with Gasteiger partial charge in [0.2, 0.25) is 5.76 Å². The van der Waals surface area contributed by atoms with Crippen LogP contribution >= 0.6 is 11.8 Å². The molecule has 4 bridgehead atoms. The highest BCUT2D eigenvalue weighted by atomic mass is 32.2. The number of aromatic nitrogens is 1. The summed E-state index contributed by atoms with van der Waals surface area (Å²) in [5, 5.41) is 9.96. The molecule has 32 heavy (non-hydrogen) atoms. The Kier molecular flexibility index (Phi) is 6.13. The number of amides is 2. The number of ether oxygens (including phenoxy) is 1. The first-order chi connectivity index (χ1) is 15.6. The van der Waals surface area contributed by atoms with E-state index in [1.54, 1.807) is 0 Å². The summed E-state index contributed by atoms with van der Waals surface area (Å²) in [5.41, 5.74) is 0. The molecule has 4 fully saturated rings. The van der Waals surface area contributed by atoms with Gasteiger partial charge in [-0.25, -0.2) is 0 Å². The van der Waals surface area contributed by atoms with E-state index in [0.717, 1.165) is 16.7 Å². The number of nitrogens with one attached hydrogen (secondary N) is 2. The number of hydrogen-bond acceptors (Lipinski definition) is 6. The van der Waals surface area contributed by atoms with Crippen molar-refractivity contribution in [3.05, 3.63) is 36.1 Å². The third-order valence-corrected chi connectivity index (χ3v) is 8.10. The van der Waals surface area contributed by atoms with Gasteiger partial charge in [-0.1, -0.05) is 30.0 Å². The van der Waals surface area contributed by atoms with Crippen LogP contribution in [0.15, 0.2) is 44.6 Å². The molecule has 8 heteroatoms. The Morgan fingerprint density at radius 3 is 2.44 bits per heavy atom. The summed E-state index contributed by atoms with van der Waals surface area (Å²) in [6, 6.07) is 9.90. The quantitative estimate of drug-likeness (QED) is 0.627. The van der Waals surface area contributed by atoms with E-state index in [9.17, 15) is 9.59 Å². The van der Waals surface area contributed by atoms with E-state index in [2.05, 4.69) is 15.8 Å². The van der Waals surface area contributed by atoms with Gasteiger partial charge in [-0.05, 0) is 80.0 Å². The van der Waals surface area contributed by atoms with Gasteiger partial charge in [-0.3, -0.25) is 9.59 Å². The van der Waals surface area contributed by atoms with Gasteiger partial charge in [0.1, 0.15) is 4.90 Å². The van der Waals surface area contributed by atoms with Gasteiger partial charge in [0.15, 0.2) is 6.61 Å². The van der Waals surface area contributed by atoms with Crippen LogP contribution in [-0.4, -0.2) is 36.2 Å². The van der Waals surface area contributed by atoms with E-state index in [0.29, 0.717) is 23.3 Å². The Bertz CT molecular complexity index is 949. The lowest BCUT2D eigenvalue weighted by Crippen LogP contribution is -2.55. The molecule has 7 nitrogen and oxygen atoms in total. The summed E-state index contributed by atoms with van der Waals surface area (Å²) in [7, 11) is 0. The molecule has 2 amide bonds. The van der Waals surface area contributed by atoms with Crippen molar-refractivity contribution in [1.82, 2.24) is 15.8 Å². The van der Waals surface area contributed by atoms with Crippen LogP contribution in [0.25, 0.3) is 0 Å². The van der Waals surface area contributed by atoms with E-state index < -0.39 is 0 Å². The predicted octanol–water partition coefficient (Wildman–Crippen LogP) is 3.90. The number of rotatable bonds is 8. The molecule has 0 radical (unpaired) electrons. The molecule has 2 aromatic rings. The molecule has 4 aliphatic rings. The lowest BCUT2D eigenvalue weighted by Gasteiger charge is -2.54. The van der Waals surface area contributed by atoms with Crippen molar-refractivity contribution in [3.63, 3.8) is 0 Å². The lowest BCUT2D eigenvalue weighted by atomic mass is 9.54. The van der Waals surface area contributed by atoms with E-state index in [1.165, 1.54) is 43.9 Å². The molecule has 6 rings (SSSR count). The Labute approximate surface area is 192 Å². The molecule has 1 aromatic heterocycles. The van der Waals surface area contributed by atoms with Gasteiger partial charge in [0.25, 0.3) is 17.7 Å². The third kappa shape index (κ3) is 4.37. The van der Waals surface area contributed by atoms with Crippen molar-refractivity contribution in [3.8, 4) is 5.88 Å². The summed E-state index contributed by atoms with van der Waals surface area (Å²) in [4.78, 5) is 26.6. The molecular formula is C24H29N3O4S. The first-order valence-corrected chi connectivity index (χ1v) is 12.3. The molecule has 4 saturated carbocycles. The molecule has 0 aliphatic heterocycles. The van der Waals surface area contributed by atoms with Crippen LogP contribution in [0, 0.1) is 23.7 Å². The summed E-state index contributed by atoms with van der Waals surface area (Å²) < 4.78 is 11.1. The highest BCUT2D eigenvalue weighted by Gasteiger charge is 2.49. The Morgan fingerprint density at radius 2 is 1.78 bits per heavy atom. The fourth-order valence-corrected chi connectivity index (χ4v) is 6.89. The van der Waals surface area contributed by atoms with E-state index in [-0.39, 0.29) is 36.1 Å². The van der Waals surface area contributed by atoms with Crippen molar-refractivity contribution >= 4 is 23.6 Å². The van der Waals surface area contributed by atoms with Crippen LogP contribution in [0.4, 0.5) is 0 Å². The SMILES string of the molecule is CCNC(=O)COc1noc(C(=O)NC2C3CC4CC(C3)CC2C4)c1Sc1ccccc1. The highest BCUT2D eigenvalue weighted by Crippen LogP contribution is 2.53. The summed E-state index contributed by atoms with van der Waals surface area (Å²) in [6.45, 7) is 2.18. The van der Waals surface area contributed by atoms with Gasteiger partial charge in [0.05, 0.1) is 0 Å². The monoisotopic (exact) mass is 455 g/mol. The average Bonchev–Trinajstić information content (AvgIpc) is 3.17. The van der Waals surface area contributed by atoms with Crippen LogP contribution in [-0.2, 0) is 4.79 Å². The minimum absolute atomic E-state index is 0.151. The normalized spacial score (nSPS) is 27.8. The molecule has 1 heterocycles. The van der Waals surface area contributed by atoms with E-state index in [4.69, 9.17) is 9.26 Å².